The molecule has 6 heteroatoms. The van der Waals surface area contributed by atoms with E-state index in [0.29, 0.717) is 17.1 Å². The summed E-state index contributed by atoms with van der Waals surface area (Å²) < 4.78 is 13.5. The fraction of sp³-hybridized carbons (Fsp3) is 0.125. The van der Waals surface area contributed by atoms with Crippen molar-refractivity contribution in [2.45, 2.75) is 19.5 Å². The highest BCUT2D eigenvalue weighted by molar-refractivity contribution is 6.29. The molecule has 1 spiro atoms. The number of fused-ring (bicyclic) bond motifs is 1. The number of benzene rings is 3. The highest BCUT2D eigenvalue weighted by atomic mass is 19.1. The van der Waals surface area contributed by atoms with E-state index in [2.05, 4.69) is 10.4 Å². The minimum absolute atomic E-state index is 0.280. The molecule has 0 aliphatic carbocycles. The lowest BCUT2D eigenvalue weighted by Gasteiger charge is -2.33. The molecule has 0 radical (unpaired) electrons. The summed E-state index contributed by atoms with van der Waals surface area (Å²) in [5.74, 6) is -0.602. The van der Waals surface area contributed by atoms with E-state index in [9.17, 15) is 9.18 Å². The zero-order chi connectivity index (χ0) is 20.9. The summed E-state index contributed by atoms with van der Waals surface area (Å²) in [6.45, 7) is 3.78. The predicted molar refractivity (Wildman–Crippen MR) is 117 cm³/mol. The molecule has 0 saturated heterocycles. The number of hydrazone groups is 1. The highest BCUT2D eigenvalue weighted by Crippen LogP contribution is 2.37. The van der Waals surface area contributed by atoms with Gasteiger partial charge in [-0.2, -0.15) is 10.1 Å². The predicted octanol–water partition coefficient (Wildman–Crippen LogP) is 4.52. The molecule has 2 aliphatic rings. The second-order valence-corrected chi connectivity index (χ2v) is 7.49. The van der Waals surface area contributed by atoms with Crippen LogP contribution in [0.2, 0.25) is 0 Å². The molecule has 1 unspecified atom stereocenters. The number of rotatable bonds is 2. The van der Waals surface area contributed by atoms with Crippen molar-refractivity contribution in [1.82, 2.24) is 0 Å². The van der Waals surface area contributed by atoms with Crippen LogP contribution in [0, 0.1) is 12.7 Å². The molecular weight excluding hydrogens is 379 g/mol. The maximum atomic E-state index is 13.6. The Hall–Kier alpha value is -3.80. The van der Waals surface area contributed by atoms with Crippen LogP contribution in [0.25, 0.3) is 0 Å². The normalized spacial score (nSPS) is 20.0. The Bertz CT molecular complexity index is 1210. The first-order valence-electron chi connectivity index (χ1n) is 9.68. The van der Waals surface area contributed by atoms with Crippen LogP contribution in [0.5, 0.6) is 0 Å². The topological polar surface area (TPSA) is 57.1 Å². The zero-order valence-corrected chi connectivity index (χ0v) is 16.6. The van der Waals surface area contributed by atoms with Gasteiger partial charge in [-0.25, -0.2) is 9.38 Å². The second kappa shape index (κ2) is 6.62. The van der Waals surface area contributed by atoms with Crippen LogP contribution in [0.15, 0.2) is 82.9 Å². The van der Waals surface area contributed by atoms with Crippen molar-refractivity contribution in [1.29, 1.82) is 0 Å². The van der Waals surface area contributed by atoms with E-state index < -0.39 is 5.66 Å². The number of carbonyl (C=O) groups excluding carboxylic acids is 1. The van der Waals surface area contributed by atoms with Crippen molar-refractivity contribution in [3.8, 4) is 0 Å². The average Bonchev–Trinajstić information content (AvgIpc) is 2.99. The number of amides is 1. The minimum Gasteiger partial charge on any atom is -0.348 e. The van der Waals surface area contributed by atoms with Crippen LogP contribution in [0.4, 0.5) is 15.8 Å². The van der Waals surface area contributed by atoms with Crippen molar-refractivity contribution in [3.05, 3.63) is 95.3 Å². The lowest BCUT2D eigenvalue weighted by molar-refractivity contribution is -0.120. The van der Waals surface area contributed by atoms with Gasteiger partial charge in [-0.15, -0.1) is 0 Å². The molecule has 2 aliphatic heterocycles. The van der Waals surface area contributed by atoms with Gasteiger partial charge in [0.1, 0.15) is 5.82 Å². The molecule has 148 valence electrons. The van der Waals surface area contributed by atoms with Crippen LogP contribution < -0.4 is 10.3 Å². The van der Waals surface area contributed by atoms with Crippen LogP contribution in [-0.4, -0.2) is 23.0 Å². The number of aryl methyl sites for hydroxylation is 1. The quantitative estimate of drug-likeness (QED) is 0.690. The monoisotopic (exact) mass is 398 g/mol. The number of nitrogens with one attached hydrogen (secondary N) is 1. The summed E-state index contributed by atoms with van der Waals surface area (Å²) in [5, 5.41) is 9.23. The van der Waals surface area contributed by atoms with Crippen molar-refractivity contribution in [2.24, 2.45) is 10.1 Å². The first-order valence-corrected chi connectivity index (χ1v) is 9.68. The highest BCUT2D eigenvalue weighted by Gasteiger charge is 2.52. The second-order valence-electron chi connectivity index (χ2n) is 7.49. The molecule has 0 fully saturated rings. The van der Waals surface area contributed by atoms with Gasteiger partial charge in [-0.1, -0.05) is 35.9 Å². The number of anilines is 2. The molecule has 5 nitrogen and oxygen atoms in total. The third-order valence-electron chi connectivity index (χ3n) is 5.45. The van der Waals surface area contributed by atoms with E-state index in [4.69, 9.17) is 4.99 Å². The van der Waals surface area contributed by atoms with Crippen LogP contribution in [0.1, 0.15) is 23.6 Å². The number of hydrogen-bond acceptors (Lipinski definition) is 4. The van der Waals surface area contributed by atoms with E-state index in [-0.39, 0.29) is 11.7 Å². The third-order valence-corrected chi connectivity index (χ3v) is 5.45. The Kier molecular flexibility index (Phi) is 4.03. The van der Waals surface area contributed by atoms with Gasteiger partial charge in [-0.3, -0.25) is 4.79 Å². The van der Waals surface area contributed by atoms with Crippen molar-refractivity contribution >= 4 is 28.7 Å². The lowest BCUT2D eigenvalue weighted by Crippen LogP contribution is -2.53. The maximum absolute atomic E-state index is 13.6. The Morgan fingerprint density at radius 2 is 1.63 bits per heavy atom. The minimum atomic E-state index is -1.34. The average molecular weight is 398 g/mol. The van der Waals surface area contributed by atoms with E-state index in [1.54, 1.807) is 19.1 Å². The number of carbonyl (C=O) groups is 1. The zero-order valence-electron chi connectivity index (χ0n) is 16.6. The van der Waals surface area contributed by atoms with Crippen molar-refractivity contribution < 1.29 is 9.18 Å². The van der Waals surface area contributed by atoms with Crippen LogP contribution in [0.3, 0.4) is 0 Å². The number of aliphatic imine (C=N–C) groups is 1. The summed E-state index contributed by atoms with van der Waals surface area (Å²) in [7, 11) is 0. The Labute approximate surface area is 173 Å². The van der Waals surface area contributed by atoms with Gasteiger partial charge in [0, 0.05) is 16.8 Å². The number of halogens is 1. The molecule has 0 bridgehead atoms. The van der Waals surface area contributed by atoms with Gasteiger partial charge in [0.2, 0.25) is 0 Å². The summed E-state index contributed by atoms with van der Waals surface area (Å²) in [6, 6.07) is 21.4. The fourth-order valence-corrected chi connectivity index (χ4v) is 3.79. The molecule has 0 saturated carbocycles. The van der Waals surface area contributed by atoms with Gasteiger partial charge >= 0.3 is 5.91 Å². The van der Waals surface area contributed by atoms with Crippen LogP contribution >= 0.6 is 0 Å². The first kappa shape index (κ1) is 18.2. The summed E-state index contributed by atoms with van der Waals surface area (Å²) in [4.78, 5) is 18.5. The van der Waals surface area contributed by atoms with E-state index >= 15 is 0 Å². The number of nitrogens with zero attached hydrogens (tertiary/aromatic N) is 3. The molecule has 30 heavy (non-hydrogen) atoms. The maximum Gasteiger partial charge on any atom is 0.302 e. The largest absolute Gasteiger partial charge is 0.348 e. The Balaban J connectivity index is 1.66. The molecule has 1 amide bonds. The molecule has 1 atom stereocenters. The first-order chi connectivity index (χ1) is 14.5. The SMILES string of the molecule is CC1=NN(c2ccc(C)cc2)C(=O)C12N=C(c1ccc(F)cc1)c1ccccc1N2. The number of hydrogen-bond donors (Lipinski definition) is 1. The molecule has 5 rings (SSSR count). The summed E-state index contributed by atoms with van der Waals surface area (Å²) >= 11 is 0. The van der Waals surface area contributed by atoms with E-state index in [0.717, 1.165) is 22.4 Å². The molecule has 3 aromatic carbocycles. The molecule has 2 heterocycles. The van der Waals surface area contributed by atoms with Gasteiger partial charge in [-0.05, 0) is 56.3 Å². The van der Waals surface area contributed by atoms with Gasteiger partial charge < -0.3 is 5.32 Å². The lowest BCUT2D eigenvalue weighted by atomic mass is 9.93. The van der Waals surface area contributed by atoms with Crippen molar-refractivity contribution in [2.75, 3.05) is 10.3 Å². The fourth-order valence-electron chi connectivity index (χ4n) is 3.79. The number of para-hydroxylation sites is 1. The third kappa shape index (κ3) is 2.72. The Morgan fingerprint density at radius 1 is 0.933 bits per heavy atom. The van der Waals surface area contributed by atoms with Gasteiger partial charge in [0.15, 0.2) is 0 Å². The molecular formula is C24H19FN4O. The van der Waals surface area contributed by atoms with Crippen molar-refractivity contribution in [3.63, 3.8) is 0 Å². The van der Waals surface area contributed by atoms with Crippen LogP contribution in [-0.2, 0) is 4.79 Å². The smallest absolute Gasteiger partial charge is 0.302 e. The summed E-state index contributed by atoms with van der Waals surface area (Å²) in [6.07, 6.45) is 0. The van der Waals surface area contributed by atoms with Gasteiger partial charge in [0.25, 0.3) is 5.66 Å². The summed E-state index contributed by atoms with van der Waals surface area (Å²) in [5.41, 5.74) is 3.97. The standard InChI is InChI=1S/C24H19FN4O/c1-15-7-13-19(14-8-15)29-23(30)24(16(2)28-29)26-21-6-4-3-5-20(21)22(27-24)17-9-11-18(25)12-10-17/h3-14,26H,1-2H3. The molecule has 0 aromatic heterocycles. The van der Waals surface area contributed by atoms with E-state index in [1.807, 2.05) is 55.5 Å². The molecule has 1 N–H and O–H groups in total. The molecule has 3 aromatic rings. The van der Waals surface area contributed by atoms with E-state index in [1.165, 1.54) is 17.1 Å². The van der Waals surface area contributed by atoms with Gasteiger partial charge in [0.05, 0.1) is 17.1 Å². The Morgan fingerprint density at radius 3 is 2.37 bits per heavy atom.